The number of fused-ring (bicyclic) bond motifs is 2. The first-order chi connectivity index (χ1) is 26.8. The third-order valence-corrected chi connectivity index (χ3v) is 10.5. The van der Waals surface area contributed by atoms with Crippen molar-refractivity contribution in [3.63, 3.8) is 0 Å². The predicted octanol–water partition coefficient (Wildman–Crippen LogP) is 7.03. The van der Waals surface area contributed by atoms with Crippen molar-refractivity contribution in [1.29, 1.82) is 0 Å². The van der Waals surface area contributed by atoms with Crippen LogP contribution in [0.5, 0.6) is 11.5 Å². The molecule has 4 aromatic heterocycles. The molecule has 296 valence electrons. The van der Waals surface area contributed by atoms with Crippen LogP contribution < -0.4 is 20.6 Å². The summed E-state index contributed by atoms with van der Waals surface area (Å²) in [5.74, 6) is 1.58. The average Bonchev–Trinajstić information content (AvgIpc) is 3.61. The van der Waals surface area contributed by atoms with Crippen molar-refractivity contribution < 1.29 is 27.5 Å². The summed E-state index contributed by atoms with van der Waals surface area (Å²) in [6.07, 6.45) is 5.99. The third-order valence-electron chi connectivity index (χ3n) is 9.13. The number of aryl methyl sites for hydroxylation is 4. The number of aromatic amines is 2. The molecule has 0 saturated heterocycles. The lowest BCUT2D eigenvalue weighted by Crippen LogP contribution is -2.16. The van der Waals surface area contributed by atoms with Crippen molar-refractivity contribution in [3.8, 4) is 34.3 Å². The highest BCUT2D eigenvalue weighted by molar-refractivity contribution is 8.13. The number of rotatable bonds is 15. The van der Waals surface area contributed by atoms with Crippen LogP contribution in [-0.4, -0.2) is 63.4 Å². The molecule has 0 atom stereocenters. The van der Waals surface area contributed by atoms with E-state index in [1.165, 1.54) is 22.7 Å². The van der Waals surface area contributed by atoms with Crippen LogP contribution in [-0.2, 0) is 21.9 Å². The number of para-hydroxylation sites is 1. The molecule has 4 heterocycles. The van der Waals surface area contributed by atoms with Gasteiger partial charge in [-0.25, -0.2) is 17.4 Å². The molecular formula is C40H45ClN6O8S. The molecule has 0 radical (unpaired) electrons. The number of H-pyrrole nitrogens is 2. The molecule has 14 nitrogen and oxygen atoms in total. The van der Waals surface area contributed by atoms with Crippen molar-refractivity contribution >= 4 is 43.3 Å². The van der Waals surface area contributed by atoms with E-state index >= 15 is 0 Å². The van der Waals surface area contributed by atoms with Gasteiger partial charge in [0.25, 0.3) is 20.2 Å². The molecule has 0 fully saturated rings. The first-order valence-corrected chi connectivity index (χ1v) is 20.8. The van der Waals surface area contributed by atoms with Crippen LogP contribution in [0.1, 0.15) is 96.6 Å². The molecule has 6 aromatic rings. The third kappa shape index (κ3) is 8.33. The van der Waals surface area contributed by atoms with Crippen molar-refractivity contribution in [2.75, 3.05) is 13.2 Å². The maximum atomic E-state index is 12.9. The van der Waals surface area contributed by atoms with Gasteiger partial charge in [0.05, 0.1) is 40.6 Å². The minimum Gasteiger partial charge on any atom is -0.493 e. The summed E-state index contributed by atoms with van der Waals surface area (Å²) in [6.45, 7) is 12.4. The Morgan fingerprint density at radius 1 is 0.696 bits per heavy atom. The van der Waals surface area contributed by atoms with Gasteiger partial charge in [0.2, 0.25) is 0 Å². The Hall–Kier alpha value is -5.54. The number of carbonyl (C=O) groups excluding carboxylic acids is 2. The zero-order valence-electron chi connectivity index (χ0n) is 32.2. The second-order valence-corrected chi connectivity index (χ2v) is 15.7. The van der Waals surface area contributed by atoms with E-state index in [1.54, 1.807) is 18.4 Å². The molecule has 0 unspecified atom stereocenters. The standard InChI is InChI=1S/C20H22ClN3O5S.C20H23N3O3/c1-4-6-16-15(11-25)12(3)18-20(26)22-19(23-24(16)18)14-10-13(30(21,27)28)7-8-17(14)29-9-5-2;1-4-8-16-15(12-24)13(3)18-20(25)21-19(22-23(16)18)14-9-6-7-10-17(14)26-11-5-2/h7-8,10-11H,4-6,9H2,1-3H3,(H,22,23,26);6-7,9-10,12H,4-5,8,11H2,1-3H3,(H,21,22,25). The quantitative estimate of drug-likeness (QED) is 0.0806. The van der Waals surface area contributed by atoms with E-state index in [-0.39, 0.29) is 27.4 Å². The SMILES string of the molecule is CCCOc1ccc(S(=O)(=O)Cl)cc1-c1nn2c(CCC)c(C=O)c(C)c2c(=O)[nH]1.CCCOc1ccccc1-c1nn2c(CCC)c(C=O)c(C)c2c(=O)[nH]1. The van der Waals surface area contributed by atoms with Gasteiger partial charge < -0.3 is 19.4 Å². The van der Waals surface area contributed by atoms with Crippen LogP contribution in [0.15, 0.2) is 56.9 Å². The largest absolute Gasteiger partial charge is 0.493 e. The van der Waals surface area contributed by atoms with E-state index in [0.29, 0.717) is 76.8 Å². The number of carbonyl (C=O) groups is 2. The highest BCUT2D eigenvalue weighted by Crippen LogP contribution is 2.32. The monoisotopic (exact) mass is 804 g/mol. The number of halogens is 1. The molecule has 6 rings (SSSR count). The lowest BCUT2D eigenvalue weighted by molar-refractivity contribution is 0.111. The first kappa shape index (κ1) is 41.6. The second kappa shape index (κ2) is 17.9. The predicted molar refractivity (Wildman–Crippen MR) is 215 cm³/mol. The number of nitrogens with one attached hydrogen (secondary N) is 2. The fourth-order valence-corrected chi connectivity index (χ4v) is 7.31. The van der Waals surface area contributed by atoms with Gasteiger partial charge in [0.1, 0.15) is 22.5 Å². The molecular weight excluding hydrogens is 760 g/mol. The summed E-state index contributed by atoms with van der Waals surface area (Å²) < 4.78 is 38.3. The molecule has 0 aliphatic carbocycles. The maximum Gasteiger partial charge on any atom is 0.275 e. The van der Waals surface area contributed by atoms with E-state index in [1.807, 2.05) is 52.0 Å². The van der Waals surface area contributed by atoms with Crippen molar-refractivity contribution in [3.05, 3.63) is 96.8 Å². The second-order valence-electron chi connectivity index (χ2n) is 13.1. The van der Waals surface area contributed by atoms with Crippen molar-refractivity contribution in [1.82, 2.24) is 29.2 Å². The highest BCUT2D eigenvalue weighted by Gasteiger charge is 2.23. The van der Waals surface area contributed by atoms with Gasteiger partial charge in [-0.15, -0.1) is 10.2 Å². The molecule has 16 heteroatoms. The number of nitrogens with zero attached hydrogens (tertiary/aromatic N) is 4. The Kier molecular flexibility index (Phi) is 13.3. The summed E-state index contributed by atoms with van der Waals surface area (Å²) in [7, 11) is 1.50. The summed E-state index contributed by atoms with van der Waals surface area (Å²) in [6, 6.07) is 11.6. The van der Waals surface area contributed by atoms with Crippen molar-refractivity contribution in [2.24, 2.45) is 0 Å². The van der Waals surface area contributed by atoms with Gasteiger partial charge in [-0.1, -0.05) is 52.7 Å². The lowest BCUT2D eigenvalue weighted by atomic mass is 10.1. The molecule has 2 aromatic carbocycles. The maximum absolute atomic E-state index is 12.9. The van der Waals surface area contributed by atoms with Crippen LogP contribution in [0, 0.1) is 13.8 Å². The summed E-state index contributed by atoms with van der Waals surface area (Å²) in [5, 5.41) is 9.18. The molecule has 0 saturated carbocycles. The first-order valence-electron chi connectivity index (χ1n) is 18.5. The zero-order chi connectivity index (χ0) is 40.7. The molecule has 2 N–H and O–H groups in total. The highest BCUT2D eigenvalue weighted by atomic mass is 35.7. The van der Waals surface area contributed by atoms with Gasteiger partial charge in [0.15, 0.2) is 24.2 Å². The zero-order valence-corrected chi connectivity index (χ0v) is 33.8. The molecule has 56 heavy (non-hydrogen) atoms. The molecule has 0 aliphatic heterocycles. The van der Waals surface area contributed by atoms with Gasteiger partial charge in [0, 0.05) is 21.8 Å². The number of hydrogen-bond acceptors (Lipinski definition) is 10. The van der Waals surface area contributed by atoms with Crippen LogP contribution in [0.3, 0.4) is 0 Å². The average molecular weight is 805 g/mol. The normalized spacial score (nSPS) is 11.4. The number of aldehydes is 2. The lowest BCUT2D eigenvalue weighted by Gasteiger charge is -2.12. The van der Waals surface area contributed by atoms with E-state index in [0.717, 1.165) is 49.5 Å². The minimum absolute atomic E-state index is 0.116. The molecule has 0 amide bonds. The van der Waals surface area contributed by atoms with Crippen LogP contribution >= 0.6 is 10.7 Å². The summed E-state index contributed by atoms with van der Waals surface area (Å²) in [5.41, 5.74) is 4.61. The Morgan fingerprint density at radius 3 is 1.61 bits per heavy atom. The van der Waals surface area contributed by atoms with Gasteiger partial charge in [-0.2, -0.15) is 0 Å². The summed E-state index contributed by atoms with van der Waals surface area (Å²) in [4.78, 5) is 54.2. The number of benzene rings is 2. The number of ether oxygens (including phenoxy) is 2. The summed E-state index contributed by atoms with van der Waals surface area (Å²) >= 11 is 0. The Labute approximate surface area is 328 Å². The van der Waals surface area contributed by atoms with Crippen LogP contribution in [0.25, 0.3) is 33.8 Å². The number of hydrogen-bond donors (Lipinski definition) is 2. The fraction of sp³-hybridized carbons (Fsp3) is 0.350. The fourth-order valence-electron chi connectivity index (χ4n) is 6.53. The Morgan fingerprint density at radius 2 is 1.16 bits per heavy atom. The van der Waals surface area contributed by atoms with Crippen LogP contribution in [0.2, 0.25) is 0 Å². The van der Waals surface area contributed by atoms with Crippen LogP contribution in [0.4, 0.5) is 0 Å². The van der Waals surface area contributed by atoms with E-state index < -0.39 is 14.6 Å². The Bertz CT molecular complexity index is 2640. The number of aromatic nitrogens is 6. The van der Waals surface area contributed by atoms with Gasteiger partial charge >= 0.3 is 0 Å². The minimum atomic E-state index is -4.00. The van der Waals surface area contributed by atoms with Gasteiger partial charge in [-0.05, 0) is 81.0 Å². The van der Waals surface area contributed by atoms with Gasteiger partial charge in [-0.3, -0.25) is 19.2 Å². The molecule has 0 spiro atoms. The van der Waals surface area contributed by atoms with E-state index in [4.69, 9.17) is 20.2 Å². The van der Waals surface area contributed by atoms with E-state index in [2.05, 4.69) is 20.2 Å². The van der Waals surface area contributed by atoms with E-state index in [9.17, 15) is 27.6 Å². The smallest absolute Gasteiger partial charge is 0.275 e. The van der Waals surface area contributed by atoms with Crippen molar-refractivity contribution in [2.45, 2.75) is 85.0 Å². The molecule has 0 bridgehead atoms. The molecule has 0 aliphatic rings. The Balaban J connectivity index is 0.000000216. The topological polar surface area (TPSA) is 187 Å².